The van der Waals surface area contributed by atoms with Crippen molar-refractivity contribution in [3.63, 3.8) is 0 Å². The van der Waals surface area contributed by atoms with Crippen LogP contribution >= 0.6 is 0 Å². The van der Waals surface area contributed by atoms with Crippen LogP contribution < -0.4 is 20.5 Å². The third-order valence-electron chi connectivity index (χ3n) is 6.38. The Bertz CT molecular complexity index is 1260. The van der Waals surface area contributed by atoms with Gasteiger partial charge >= 0.3 is 0 Å². The first-order chi connectivity index (χ1) is 15.4. The number of hydrogen-bond acceptors (Lipinski definition) is 4. The lowest BCUT2D eigenvalue weighted by Crippen LogP contribution is -2.27. The minimum atomic E-state index is -0.698. The van der Waals surface area contributed by atoms with Gasteiger partial charge in [-0.2, -0.15) is 0 Å². The predicted molar refractivity (Wildman–Crippen MR) is 121 cm³/mol. The predicted octanol–water partition coefficient (Wildman–Crippen LogP) is 4.79. The van der Waals surface area contributed by atoms with Gasteiger partial charge in [0.15, 0.2) is 11.5 Å². The summed E-state index contributed by atoms with van der Waals surface area (Å²) in [6.45, 7) is 4.14. The molecular formula is C26H23N2O4. The number of benzene rings is 3. The van der Waals surface area contributed by atoms with Crippen LogP contribution in [0, 0.1) is 13.8 Å². The molecule has 0 spiro atoms. The van der Waals surface area contributed by atoms with Crippen molar-refractivity contribution in [1.82, 2.24) is 5.73 Å². The third-order valence-corrected chi connectivity index (χ3v) is 6.38. The Morgan fingerprint density at radius 1 is 0.875 bits per heavy atom. The average Bonchev–Trinajstić information content (AvgIpc) is 3.46. The minimum absolute atomic E-state index is 0.0296. The molecule has 2 N–H and O–H groups in total. The third kappa shape index (κ3) is 3.38. The van der Waals surface area contributed by atoms with E-state index in [0.717, 1.165) is 46.3 Å². The number of carbonyl (C=O) groups excluding carboxylic acids is 2. The van der Waals surface area contributed by atoms with Crippen molar-refractivity contribution in [3.05, 3.63) is 76.9 Å². The van der Waals surface area contributed by atoms with Crippen LogP contribution in [0.2, 0.25) is 0 Å². The van der Waals surface area contributed by atoms with Crippen molar-refractivity contribution in [2.75, 3.05) is 12.1 Å². The van der Waals surface area contributed by atoms with Gasteiger partial charge in [0.05, 0.1) is 5.41 Å². The Balaban J connectivity index is 1.42. The van der Waals surface area contributed by atoms with E-state index in [0.29, 0.717) is 17.1 Å². The van der Waals surface area contributed by atoms with Gasteiger partial charge in [-0.25, -0.2) is 0 Å². The number of fused-ring (bicyclic) bond motifs is 1. The quantitative estimate of drug-likeness (QED) is 0.634. The van der Waals surface area contributed by atoms with Gasteiger partial charge in [0.2, 0.25) is 12.7 Å². The number of anilines is 1. The molecule has 0 bridgehead atoms. The second-order valence-corrected chi connectivity index (χ2v) is 8.49. The number of hydrogen-bond donors (Lipinski definition) is 1. The molecule has 3 aromatic rings. The van der Waals surface area contributed by atoms with E-state index in [2.05, 4.69) is 5.32 Å². The molecule has 1 fully saturated rings. The zero-order valence-electron chi connectivity index (χ0n) is 18.0. The molecular weight excluding hydrogens is 404 g/mol. The minimum Gasteiger partial charge on any atom is -0.454 e. The van der Waals surface area contributed by atoms with E-state index >= 15 is 0 Å². The molecule has 0 atom stereocenters. The van der Waals surface area contributed by atoms with Crippen LogP contribution in [0.25, 0.3) is 11.1 Å². The first kappa shape index (κ1) is 20.1. The average molecular weight is 427 g/mol. The summed E-state index contributed by atoms with van der Waals surface area (Å²) >= 11 is 0. The lowest BCUT2D eigenvalue weighted by Gasteiger charge is -2.18. The number of ether oxygens (including phenoxy) is 2. The highest BCUT2D eigenvalue weighted by Crippen LogP contribution is 2.51. The maximum atomic E-state index is 13.3. The summed E-state index contributed by atoms with van der Waals surface area (Å²) in [5.41, 5.74) is 12.7. The molecule has 1 radical (unpaired) electrons. The van der Waals surface area contributed by atoms with Crippen LogP contribution in [0.1, 0.15) is 39.9 Å². The van der Waals surface area contributed by atoms with Gasteiger partial charge in [-0.15, -0.1) is 0 Å². The molecule has 1 aliphatic heterocycles. The summed E-state index contributed by atoms with van der Waals surface area (Å²) in [5.74, 6) is 0.666. The second-order valence-electron chi connectivity index (χ2n) is 8.49. The molecule has 1 aliphatic carbocycles. The molecule has 32 heavy (non-hydrogen) atoms. The summed E-state index contributed by atoms with van der Waals surface area (Å²) in [6, 6.07) is 16.8. The molecule has 2 amide bonds. The van der Waals surface area contributed by atoms with E-state index in [1.807, 2.05) is 56.3 Å². The highest BCUT2D eigenvalue weighted by Gasteiger charge is 2.51. The Morgan fingerprint density at radius 2 is 1.66 bits per heavy atom. The van der Waals surface area contributed by atoms with Gasteiger partial charge in [-0.05, 0) is 90.9 Å². The number of aryl methyl sites for hydroxylation is 2. The Hall–Kier alpha value is -3.80. The zero-order valence-corrected chi connectivity index (χ0v) is 18.0. The van der Waals surface area contributed by atoms with Gasteiger partial charge in [0.1, 0.15) is 0 Å². The van der Waals surface area contributed by atoms with E-state index in [4.69, 9.17) is 15.2 Å². The number of nitrogens with one attached hydrogen (secondary N) is 2. The van der Waals surface area contributed by atoms with E-state index in [1.54, 1.807) is 12.1 Å². The van der Waals surface area contributed by atoms with Crippen LogP contribution in [0.15, 0.2) is 54.6 Å². The highest BCUT2D eigenvalue weighted by atomic mass is 16.7. The van der Waals surface area contributed by atoms with Crippen molar-refractivity contribution in [1.29, 1.82) is 0 Å². The molecule has 0 saturated heterocycles. The fourth-order valence-corrected chi connectivity index (χ4v) is 4.31. The molecule has 6 heteroatoms. The maximum absolute atomic E-state index is 13.3. The molecule has 1 heterocycles. The van der Waals surface area contributed by atoms with Crippen molar-refractivity contribution in [3.8, 4) is 22.6 Å². The van der Waals surface area contributed by atoms with Crippen molar-refractivity contribution >= 4 is 17.5 Å². The lowest BCUT2D eigenvalue weighted by atomic mass is 9.93. The van der Waals surface area contributed by atoms with Crippen LogP contribution in [0.3, 0.4) is 0 Å². The Labute approximate surface area is 186 Å². The Morgan fingerprint density at radius 3 is 2.38 bits per heavy atom. The van der Waals surface area contributed by atoms with E-state index in [1.165, 1.54) is 0 Å². The largest absolute Gasteiger partial charge is 0.454 e. The van der Waals surface area contributed by atoms with Crippen molar-refractivity contribution in [2.45, 2.75) is 32.1 Å². The maximum Gasteiger partial charge on any atom is 0.269 e. The molecule has 1 saturated carbocycles. The molecule has 161 valence electrons. The van der Waals surface area contributed by atoms with Crippen molar-refractivity contribution < 1.29 is 19.1 Å². The lowest BCUT2D eigenvalue weighted by molar-refractivity contribution is -0.118. The fraction of sp³-hybridized carbons (Fsp3) is 0.231. The second kappa shape index (κ2) is 7.41. The summed E-state index contributed by atoms with van der Waals surface area (Å²) in [5, 5.41) is 3.10. The normalized spacial score (nSPS) is 15.3. The zero-order chi connectivity index (χ0) is 22.5. The highest BCUT2D eigenvalue weighted by molar-refractivity contribution is 6.02. The molecule has 3 aromatic carbocycles. The number of rotatable bonds is 5. The fourth-order valence-electron chi connectivity index (χ4n) is 4.31. The van der Waals surface area contributed by atoms with Crippen LogP contribution in [0.4, 0.5) is 5.69 Å². The molecule has 0 aromatic heterocycles. The molecule has 6 nitrogen and oxygen atoms in total. The van der Waals surface area contributed by atoms with Gasteiger partial charge in [-0.1, -0.05) is 18.2 Å². The Kier molecular flexibility index (Phi) is 4.66. The summed E-state index contributed by atoms with van der Waals surface area (Å²) in [4.78, 5) is 24.6. The van der Waals surface area contributed by atoms with Gasteiger partial charge in [-0.3, -0.25) is 15.3 Å². The number of amides is 2. The first-order valence-electron chi connectivity index (χ1n) is 10.6. The van der Waals surface area contributed by atoms with E-state index < -0.39 is 11.3 Å². The standard InChI is InChI=1S/C26H23N2O4/c1-15-3-6-19(13-21(15)20-7-4-17(24(27)29)11-16(20)2)28-25(30)26(9-10-26)18-5-8-22-23(12-18)32-14-31-22/h3-8,11-13,27H,9-10,14H2,1-2H3,(H,28,30). The smallest absolute Gasteiger partial charge is 0.269 e. The van der Waals surface area contributed by atoms with E-state index in [-0.39, 0.29) is 12.7 Å². The van der Waals surface area contributed by atoms with Gasteiger partial charge < -0.3 is 14.8 Å². The molecule has 0 unspecified atom stereocenters. The van der Waals surface area contributed by atoms with Crippen LogP contribution in [-0.4, -0.2) is 18.6 Å². The van der Waals surface area contributed by atoms with Crippen LogP contribution in [-0.2, 0) is 10.2 Å². The molecule has 2 aliphatic rings. The monoisotopic (exact) mass is 427 g/mol. The van der Waals surface area contributed by atoms with Crippen molar-refractivity contribution in [2.24, 2.45) is 0 Å². The summed E-state index contributed by atoms with van der Waals surface area (Å²) in [6.07, 6.45) is 1.58. The topological polar surface area (TPSA) is 88.4 Å². The SMILES string of the molecule is Cc1cc(C([NH])=O)ccc1-c1cc(NC(=O)C2(c3ccc4c(c3)OCO4)CC2)ccc1C. The van der Waals surface area contributed by atoms with E-state index in [9.17, 15) is 9.59 Å². The van der Waals surface area contributed by atoms with Gasteiger partial charge in [0.25, 0.3) is 5.91 Å². The molecule has 5 rings (SSSR count). The summed E-state index contributed by atoms with van der Waals surface area (Å²) < 4.78 is 10.9. The van der Waals surface area contributed by atoms with Gasteiger partial charge in [0, 0.05) is 11.3 Å². The summed E-state index contributed by atoms with van der Waals surface area (Å²) in [7, 11) is 0. The first-order valence-corrected chi connectivity index (χ1v) is 10.6. The number of carbonyl (C=O) groups is 2. The van der Waals surface area contributed by atoms with Crippen LogP contribution in [0.5, 0.6) is 11.5 Å².